The normalized spacial score (nSPS) is 9.25. The third kappa shape index (κ3) is 2.62. The van der Waals surface area contributed by atoms with E-state index in [4.69, 9.17) is 0 Å². The van der Waals surface area contributed by atoms with Crippen LogP contribution in [0.2, 0.25) is 0 Å². The summed E-state index contributed by atoms with van der Waals surface area (Å²) in [7, 11) is 0. The first-order valence-electron chi connectivity index (χ1n) is 2.59. The fourth-order valence-corrected chi connectivity index (χ4v) is 2.69. The van der Waals surface area contributed by atoms with Crippen LogP contribution in [0.5, 0.6) is 11.5 Å². The number of phenolic OH excluding ortho intramolecular Hbond substituents is 2. The van der Waals surface area contributed by atoms with Crippen LogP contribution >= 0.6 is 47.8 Å². The van der Waals surface area contributed by atoms with Crippen LogP contribution in [-0.2, 0) is 0 Å². The predicted octanol–water partition coefficient (Wildman–Crippen LogP) is 3.00. The molecule has 0 aliphatic carbocycles. The summed E-state index contributed by atoms with van der Waals surface area (Å²) < 4.78 is 1.32. The third-order valence-corrected chi connectivity index (χ3v) is 3.08. The summed E-state index contributed by atoms with van der Waals surface area (Å²) in [6.45, 7) is 0. The molecule has 6 heteroatoms. The molecule has 12 heavy (non-hydrogen) atoms. The Kier molecular flexibility index (Phi) is 5.77. The van der Waals surface area contributed by atoms with Crippen molar-refractivity contribution < 1.29 is 10.2 Å². The van der Waals surface area contributed by atoms with Crippen LogP contribution in [0, 0.1) is 0 Å². The molecule has 2 nitrogen and oxygen atoms in total. The molecule has 0 heterocycles. The van der Waals surface area contributed by atoms with Crippen LogP contribution in [0.1, 0.15) is 0 Å². The number of hydrogen-bond acceptors (Lipinski definition) is 2. The minimum Gasteiger partial charge on any atom is -0.505 e. The molecule has 0 aromatic heterocycles. The van der Waals surface area contributed by atoms with Gasteiger partial charge in [-0.15, -0.1) is 0 Å². The molecule has 0 bridgehead atoms. The Bertz CT molecular complexity index is 277. The van der Waals surface area contributed by atoms with Crippen LogP contribution in [-0.4, -0.2) is 39.8 Å². The van der Waals surface area contributed by atoms with E-state index in [0.717, 1.165) is 0 Å². The van der Waals surface area contributed by atoms with E-state index in [-0.39, 0.29) is 45.5 Å². The molecule has 0 atom stereocenters. The van der Waals surface area contributed by atoms with Crippen LogP contribution in [0.4, 0.5) is 0 Å². The second kappa shape index (κ2) is 5.22. The van der Waals surface area contributed by atoms with Crippen molar-refractivity contribution in [1.29, 1.82) is 0 Å². The zero-order chi connectivity index (χ0) is 8.59. The Hall–Kier alpha value is 1.26. The molecule has 0 saturated heterocycles. The zero-order valence-electron chi connectivity index (χ0n) is 6.11. The molecule has 0 amide bonds. The van der Waals surface area contributed by atoms with Gasteiger partial charge in [0.1, 0.15) is 16.0 Å². The van der Waals surface area contributed by atoms with Gasteiger partial charge in [-0.2, -0.15) is 0 Å². The van der Waals surface area contributed by atoms with Gasteiger partial charge in [-0.25, -0.2) is 0 Å². The maximum atomic E-state index is 9.24. The SMILES string of the molecule is Oc1c(Br)cc(Br)c(O)c1Br.[Na]. The molecule has 0 spiro atoms. The molecule has 2 N–H and O–H groups in total. The van der Waals surface area contributed by atoms with Crippen LogP contribution < -0.4 is 0 Å². The van der Waals surface area contributed by atoms with Crippen molar-refractivity contribution in [2.45, 2.75) is 0 Å². The largest absolute Gasteiger partial charge is 0.505 e. The maximum Gasteiger partial charge on any atom is 0.147 e. The molecule has 0 aliphatic rings. The second-order valence-corrected chi connectivity index (χ2v) is 4.35. The summed E-state index contributed by atoms with van der Waals surface area (Å²) >= 11 is 9.24. The van der Waals surface area contributed by atoms with Gasteiger partial charge in [-0.1, -0.05) is 0 Å². The molecule has 1 aromatic rings. The zero-order valence-corrected chi connectivity index (χ0v) is 12.9. The van der Waals surface area contributed by atoms with E-state index in [2.05, 4.69) is 47.8 Å². The smallest absolute Gasteiger partial charge is 0.147 e. The van der Waals surface area contributed by atoms with Gasteiger partial charge in [0, 0.05) is 29.6 Å². The summed E-state index contributed by atoms with van der Waals surface area (Å²) in [5.41, 5.74) is 0. The van der Waals surface area contributed by atoms with Gasteiger partial charge in [0.15, 0.2) is 0 Å². The monoisotopic (exact) mass is 367 g/mol. The average Bonchev–Trinajstić information content (AvgIpc) is 1.97. The first kappa shape index (κ1) is 13.3. The second-order valence-electron chi connectivity index (χ2n) is 1.85. The van der Waals surface area contributed by atoms with Gasteiger partial charge >= 0.3 is 0 Å². The van der Waals surface area contributed by atoms with Crippen molar-refractivity contribution in [3.8, 4) is 11.5 Å². The van der Waals surface area contributed by atoms with Crippen LogP contribution in [0.15, 0.2) is 19.5 Å². The van der Waals surface area contributed by atoms with Crippen LogP contribution in [0.3, 0.4) is 0 Å². The summed E-state index contributed by atoms with van der Waals surface area (Å²) in [5.74, 6) is -0.0172. The first-order valence-corrected chi connectivity index (χ1v) is 4.97. The van der Waals surface area contributed by atoms with Gasteiger partial charge in [0.25, 0.3) is 0 Å². The fourth-order valence-electron chi connectivity index (χ4n) is 0.570. The first-order chi connectivity index (χ1) is 5.04. The molecule has 1 aromatic carbocycles. The number of hydrogen-bond donors (Lipinski definition) is 2. The van der Waals surface area contributed by atoms with E-state index in [1.165, 1.54) is 0 Å². The minimum absolute atomic E-state index is 0. The topological polar surface area (TPSA) is 40.5 Å². The van der Waals surface area contributed by atoms with Gasteiger partial charge in [-0.05, 0) is 53.9 Å². The summed E-state index contributed by atoms with van der Waals surface area (Å²) in [5, 5.41) is 18.5. The van der Waals surface area contributed by atoms with Gasteiger partial charge < -0.3 is 10.2 Å². The Labute approximate surface area is 117 Å². The molecule has 0 saturated carbocycles. The number of benzene rings is 1. The Morgan fingerprint density at radius 2 is 1.25 bits per heavy atom. The molecular weight excluding hydrogens is 367 g/mol. The van der Waals surface area contributed by atoms with E-state index in [0.29, 0.717) is 8.95 Å². The summed E-state index contributed by atoms with van der Waals surface area (Å²) in [4.78, 5) is 0. The van der Waals surface area contributed by atoms with Crippen LogP contribution in [0.25, 0.3) is 0 Å². The Morgan fingerprint density at radius 3 is 1.58 bits per heavy atom. The van der Waals surface area contributed by atoms with E-state index in [1.807, 2.05) is 0 Å². The molecule has 0 fully saturated rings. The standard InChI is InChI=1S/C6H3Br3O2.Na/c7-2-1-3(8)6(11)4(9)5(2)10;/h1,10-11H;. The van der Waals surface area contributed by atoms with Gasteiger partial charge in [0.2, 0.25) is 0 Å². The van der Waals surface area contributed by atoms with E-state index in [1.54, 1.807) is 6.07 Å². The van der Waals surface area contributed by atoms with Crippen molar-refractivity contribution in [1.82, 2.24) is 0 Å². The molecular formula is C6H3Br3NaO2. The Balaban J connectivity index is 0.00000121. The number of phenols is 2. The van der Waals surface area contributed by atoms with E-state index >= 15 is 0 Å². The van der Waals surface area contributed by atoms with Gasteiger partial charge in [-0.3, -0.25) is 0 Å². The van der Waals surface area contributed by atoms with E-state index < -0.39 is 0 Å². The van der Waals surface area contributed by atoms with Crippen molar-refractivity contribution >= 4 is 77.3 Å². The van der Waals surface area contributed by atoms with E-state index in [9.17, 15) is 10.2 Å². The summed E-state index contributed by atoms with van der Waals surface area (Å²) in [6.07, 6.45) is 0. The predicted molar refractivity (Wildman–Crippen MR) is 58.6 cm³/mol. The molecule has 1 radical (unpaired) electrons. The Morgan fingerprint density at radius 1 is 0.917 bits per heavy atom. The molecule has 0 unspecified atom stereocenters. The third-order valence-electron chi connectivity index (χ3n) is 1.12. The molecule has 61 valence electrons. The number of halogens is 3. The van der Waals surface area contributed by atoms with Gasteiger partial charge in [0.05, 0.1) is 8.95 Å². The quantitative estimate of drug-likeness (QED) is 0.690. The van der Waals surface area contributed by atoms with Crippen molar-refractivity contribution in [3.63, 3.8) is 0 Å². The summed E-state index contributed by atoms with van der Waals surface area (Å²) in [6, 6.07) is 1.56. The average molecular weight is 370 g/mol. The number of rotatable bonds is 0. The minimum atomic E-state index is -0.00861. The van der Waals surface area contributed by atoms with Crippen molar-refractivity contribution in [2.24, 2.45) is 0 Å². The van der Waals surface area contributed by atoms with Crippen molar-refractivity contribution in [3.05, 3.63) is 19.5 Å². The number of aromatic hydroxyl groups is 2. The van der Waals surface area contributed by atoms with Crippen molar-refractivity contribution in [2.75, 3.05) is 0 Å². The maximum absolute atomic E-state index is 9.24. The molecule has 1 rings (SSSR count). The molecule has 0 aliphatic heterocycles. The fraction of sp³-hybridized carbons (Fsp3) is 0.